The average molecular weight is 344 g/mol. The summed E-state index contributed by atoms with van der Waals surface area (Å²) in [5.74, 6) is 4.08. The predicted molar refractivity (Wildman–Crippen MR) is 108 cm³/mol. The predicted octanol–water partition coefficient (Wildman–Crippen LogP) is 7.82. The molecule has 0 amide bonds. The molecule has 2 fully saturated rings. The Morgan fingerprint density at radius 1 is 0.760 bits per heavy atom. The van der Waals surface area contributed by atoms with Gasteiger partial charge in [0.15, 0.2) is 0 Å². The van der Waals surface area contributed by atoms with Crippen LogP contribution in [0.15, 0.2) is 12.2 Å². The highest BCUT2D eigenvalue weighted by atomic mass is 14.4. The van der Waals surface area contributed by atoms with Gasteiger partial charge in [-0.1, -0.05) is 77.2 Å². The van der Waals surface area contributed by atoms with Gasteiger partial charge in [-0.3, -0.25) is 0 Å². The third kappa shape index (κ3) is 7.98. The van der Waals surface area contributed by atoms with Crippen LogP contribution in [0.25, 0.3) is 0 Å². The molecule has 142 valence electrons. The standard InChI is InChI=1S/C24H41N/c1-2-3-4-5-7-10-21-12-16-23(17-13-21)24-18-14-22(15-19-24)11-8-6-9-20-25/h6,9,21-24H,2-5,7-8,10-19H2,1H3/b9-6+. The summed E-state index contributed by atoms with van der Waals surface area (Å²) < 4.78 is 0. The lowest BCUT2D eigenvalue weighted by Crippen LogP contribution is -2.25. The number of unbranched alkanes of at least 4 members (excludes halogenated alkanes) is 4. The Labute approximate surface area is 157 Å². The second-order valence-corrected chi connectivity index (χ2v) is 8.87. The lowest BCUT2D eigenvalue weighted by molar-refractivity contribution is 0.140. The number of allylic oxidation sites excluding steroid dienone is 2. The summed E-state index contributed by atoms with van der Waals surface area (Å²) in [5, 5.41) is 8.55. The van der Waals surface area contributed by atoms with Crippen molar-refractivity contribution >= 4 is 0 Å². The maximum atomic E-state index is 8.55. The van der Waals surface area contributed by atoms with Crippen molar-refractivity contribution in [3.8, 4) is 6.07 Å². The highest BCUT2D eigenvalue weighted by Gasteiger charge is 2.30. The summed E-state index contributed by atoms with van der Waals surface area (Å²) in [6, 6.07) is 2.10. The Bertz CT molecular complexity index is 389. The highest BCUT2D eigenvalue weighted by Crippen LogP contribution is 2.43. The molecule has 1 heteroatoms. The fourth-order valence-corrected chi connectivity index (χ4v) is 5.40. The van der Waals surface area contributed by atoms with Crippen LogP contribution in [0.5, 0.6) is 0 Å². The number of nitrogens with zero attached hydrogens (tertiary/aromatic N) is 1. The summed E-state index contributed by atoms with van der Waals surface area (Å²) in [5.41, 5.74) is 0. The van der Waals surface area contributed by atoms with E-state index in [0.717, 1.165) is 30.1 Å². The van der Waals surface area contributed by atoms with Gasteiger partial charge in [-0.05, 0) is 62.2 Å². The molecule has 0 bridgehead atoms. The second-order valence-electron chi connectivity index (χ2n) is 8.87. The minimum Gasteiger partial charge on any atom is -0.193 e. The van der Waals surface area contributed by atoms with Crippen LogP contribution in [0.2, 0.25) is 0 Å². The Balaban J connectivity index is 1.54. The number of hydrogen-bond acceptors (Lipinski definition) is 1. The van der Waals surface area contributed by atoms with E-state index in [2.05, 4.69) is 19.1 Å². The van der Waals surface area contributed by atoms with E-state index < -0.39 is 0 Å². The van der Waals surface area contributed by atoms with Gasteiger partial charge in [0.25, 0.3) is 0 Å². The third-order valence-electron chi connectivity index (χ3n) is 7.10. The van der Waals surface area contributed by atoms with E-state index in [4.69, 9.17) is 5.26 Å². The summed E-state index contributed by atoms with van der Waals surface area (Å²) in [6.45, 7) is 2.31. The fourth-order valence-electron chi connectivity index (χ4n) is 5.40. The first kappa shape index (κ1) is 20.5. The van der Waals surface area contributed by atoms with Crippen LogP contribution in [0.1, 0.15) is 110 Å². The van der Waals surface area contributed by atoms with Gasteiger partial charge >= 0.3 is 0 Å². The van der Waals surface area contributed by atoms with E-state index in [9.17, 15) is 0 Å². The fraction of sp³-hybridized carbons (Fsp3) is 0.875. The molecule has 0 aromatic carbocycles. The number of nitriles is 1. The normalized spacial score (nSPS) is 30.4. The molecule has 25 heavy (non-hydrogen) atoms. The first-order chi connectivity index (χ1) is 12.3. The van der Waals surface area contributed by atoms with E-state index in [1.807, 2.05) is 0 Å². The van der Waals surface area contributed by atoms with Crippen molar-refractivity contribution in [2.24, 2.45) is 23.7 Å². The second kappa shape index (κ2) is 12.6. The molecule has 0 heterocycles. The molecule has 0 N–H and O–H groups in total. The van der Waals surface area contributed by atoms with Gasteiger partial charge in [0.2, 0.25) is 0 Å². The van der Waals surface area contributed by atoms with Gasteiger partial charge in [-0.15, -0.1) is 0 Å². The quantitative estimate of drug-likeness (QED) is 0.293. The van der Waals surface area contributed by atoms with Crippen molar-refractivity contribution in [1.82, 2.24) is 0 Å². The molecule has 2 saturated carbocycles. The van der Waals surface area contributed by atoms with Crippen molar-refractivity contribution in [3.05, 3.63) is 12.2 Å². The lowest BCUT2D eigenvalue weighted by Gasteiger charge is -2.38. The molecule has 0 saturated heterocycles. The lowest BCUT2D eigenvalue weighted by atomic mass is 9.68. The maximum Gasteiger partial charge on any atom is 0.0908 e. The molecular weight excluding hydrogens is 302 g/mol. The molecule has 0 aliphatic heterocycles. The molecule has 0 atom stereocenters. The van der Waals surface area contributed by atoms with Gasteiger partial charge in [0.05, 0.1) is 6.07 Å². The van der Waals surface area contributed by atoms with Crippen molar-refractivity contribution in [1.29, 1.82) is 5.26 Å². The number of rotatable bonds is 10. The minimum atomic E-state index is 0.930. The maximum absolute atomic E-state index is 8.55. The molecule has 0 unspecified atom stereocenters. The molecule has 2 aliphatic carbocycles. The molecule has 0 aromatic rings. The Morgan fingerprint density at radius 3 is 1.88 bits per heavy atom. The topological polar surface area (TPSA) is 23.8 Å². The highest BCUT2D eigenvalue weighted by molar-refractivity contribution is 5.01. The molecule has 0 radical (unpaired) electrons. The summed E-state index contributed by atoms with van der Waals surface area (Å²) >= 11 is 0. The zero-order valence-electron chi connectivity index (χ0n) is 16.7. The zero-order valence-corrected chi connectivity index (χ0v) is 16.7. The van der Waals surface area contributed by atoms with Gasteiger partial charge in [-0.2, -0.15) is 5.26 Å². The molecule has 0 spiro atoms. The minimum absolute atomic E-state index is 0.930. The van der Waals surface area contributed by atoms with Gasteiger partial charge in [0.1, 0.15) is 0 Å². The van der Waals surface area contributed by atoms with Crippen LogP contribution < -0.4 is 0 Å². The SMILES string of the molecule is CCCCCCCC1CCC(C2CCC(CC/C=C/C#N)CC2)CC1. The number of hydrogen-bond donors (Lipinski definition) is 0. The smallest absolute Gasteiger partial charge is 0.0908 e. The Hall–Kier alpha value is -0.770. The molecule has 2 rings (SSSR count). The van der Waals surface area contributed by atoms with Crippen molar-refractivity contribution in [2.45, 2.75) is 110 Å². The van der Waals surface area contributed by atoms with Crippen molar-refractivity contribution in [3.63, 3.8) is 0 Å². The molecule has 1 nitrogen and oxygen atoms in total. The Morgan fingerprint density at radius 2 is 1.32 bits per heavy atom. The van der Waals surface area contributed by atoms with Crippen molar-refractivity contribution < 1.29 is 0 Å². The van der Waals surface area contributed by atoms with Crippen LogP contribution in [-0.4, -0.2) is 0 Å². The van der Waals surface area contributed by atoms with E-state index in [1.54, 1.807) is 6.08 Å². The summed E-state index contributed by atoms with van der Waals surface area (Å²) in [7, 11) is 0. The van der Waals surface area contributed by atoms with Gasteiger partial charge in [0, 0.05) is 6.08 Å². The van der Waals surface area contributed by atoms with Crippen LogP contribution in [0.3, 0.4) is 0 Å². The van der Waals surface area contributed by atoms with Crippen LogP contribution in [-0.2, 0) is 0 Å². The van der Waals surface area contributed by atoms with E-state index in [1.165, 1.54) is 96.3 Å². The average Bonchev–Trinajstić information content (AvgIpc) is 2.66. The third-order valence-corrected chi connectivity index (χ3v) is 7.10. The molecule has 2 aliphatic rings. The Kier molecular flexibility index (Phi) is 10.3. The zero-order chi connectivity index (χ0) is 17.7. The van der Waals surface area contributed by atoms with Crippen LogP contribution >= 0.6 is 0 Å². The van der Waals surface area contributed by atoms with Crippen LogP contribution in [0.4, 0.5) is 0 Å². The van der Waals surface area contributed by atoms with Gasteiger partial charge in [-0.25, -0.2) is 0 Å². The largest absolute Gasteiger partial charge is 0.193 e. The van der Waals surface area contributed by atoms with E-state index in [-0.39, 0.29) is 0 Å². The first-order valence-electron chi connectivity index (χ1n) is 11.4. The molecular formula is C24H41N. The van der Waals surface area contributed by atoms with Crippen LogP contribution in [0, 0.1) is 35.0 Å². The van der Waals surface area contributed by atoms with E-state index in [0.29, 0.717) is 0 Å². The van der Waals surface area contributed by atoms with Crippen molar-refractivity contribution in [2.75, 3.05) is 0 Å². The monoisotopic (exact) mass is 343 g/mol. The molecule has 0 aromatic heterocycles. The summed E-state index contributed by atoms with van der Waals surface area (Å²) in [4.78, 5) is 0. The van der Waals surface area contributed by atoms with Gasteiger partial charge < -0.3 is 0 Å². The van der Waals surface area contributed by atoms with E-state index >= 15 is 0 Å². The summed E-state index contributed by atoms with van der Waals surface area (Å²) in [6.07, 6.45) is 26.8. The first-order valence-corrected chi connectivity index (χ1v) is 11.4.